The number of halogens is 2. The van der Waals surface area contributed by atoms with Crippen LogP contribution < -0.4 is 10.2 Å². The molecule has 3 aromatic rings. The summed E-state index contributed by atoms with van der Waals surface area (Å²) in [5.41, 5.74) is 3.44. The van der Waals surface area contributed by atoms with Gasteiger partial charge in [0, 0.05) is 40.9 Å². The van der Waals surface area contributed by atoms with Crippen LogP contribution in [-0.2, 0) is 0 Å². The Hall–Kier alpha value is -2.57. The van der Waals surface area contributed by atoms with E-state index in [0.29, 0.717) is 33.3 Å². The molecular weight excluding hydrogens is 403 g/mol. The van der Waals surface area contributed by atoms with Crippen molar-refractivity contribution in [3.05, 3.63) is 58.5 Å². The maximum absolute atomic E-state index is 14.1. The average molecular weight is 429 g/mol. The number of amides is 1. The van der Waals surface area contributed by atoms with Gasteiger partial charge in [0.2, 0.25) is 0 Å². The zero-order valence-electron chi connectivity index (χ0n) is 17.4. The topological polar surface area (TPSA) is 51.4 Å². The van der Waals surface area contributed by atoms with Crippen molar-refractivity contribution in [2.24, 2.45) is 0 Å². The fourth-order valence-corrected chi connectivity index (χ4v) is 4.34. The predicted molar refractivity (Wildman–Crippen MR) is 121 cm³/mol. The van der Waals surface area contributed by atoms with Crippen molar-refractivity contribution in [3.8, 4) is 0 Å². The van der Waals surface area contributed by atoms with E-state index in [2.05, 4.69) is 34.2 Å². The second kappa shape index (κ2) is 8.28. The zero-order chi connectivity index (χ0) is 21.4. The minimum atomic E-state index is -0.350. The van der Waals surface area contributed by atoms with Gasteiger partial charge in [0.05, 0.1) is 5.52 Å². The van der Waals surface area contributed by atoms with Crippen molar-refractivity contribution >= 4 is 39.8 Å². The lowest BCUT2D eigenvalue weighted by molar-refractivity contribution is 0.102. The van der Waals surface area contributed by atoms with E-state index in [9.17, 15) is 9.18 Å². The van der Waals surface area contributed by atoms with Gasteiger partial charge in [-0.05, 0) is 69.8 Å². The molecule has 0 unspecified atom stereocenters. The number of benzene rings is 2. The van der Waals surface area contributed by atoms with Crippen molar-refractivity contribution in [1.29, 1.82) is 0 Å². The molecule has 1 fully saturated rings. The molecule has 1 aliphatic heterocycles. The molecule has 1 aliphatic rings. The molecule has 158 valence electrons. The molecule has 30 heavy (non-hydrogen) atoms. The molecule has 5 nitrogen and oxygen atoms in total. The Morgan fingerprint density at radius 2 is 1.93 bits per heavy atom. The number of hydrogen-bond donors (Lipinski definition) is 2. The number of anilines is 2. The highest BCUT2D eigenvalue weighted by atomic mass is 35.5. The third-order valence-corrected chi connectivity index (χ3v) is 6.11. The molecule has 0 aliphatic carbocycles. The number of fused-ring (bicyclic) bond motifs is 1. The molecule has 2 heterocycles. The standard InChI is InChI=1S/C23H26ClFN4O/c1-14-4-5-20(25)19-13-21(27-22(14)19)23(30)26-16-10-15(24)11-18(12-16)29-8-6-17(7-9-29)28(2)3/h4-5,10-13,17,27H,6-9H2,1-3H3,(H,26,30). The monoisotopic (exact) mass is 428 g/mol. The van der Waals surface area contributed by atoms with Crippen molar-refractivity contribution in [1.82, 2.24) is 9.88 Å². The summed E-state index contributed by atoms with van der Waals surface area (Å²) >= 11 is 6.34. The number of aromatic amines is 1. The number of H-pyrrole nitrogens is 1. The number of hydrogen-bond acceptors (Lipinski definition) is 3. The van der Waals surface area contributed by atoms with Crippen LogP contribution in [0.4, 0.5) is 15.8 Å². The van der Waals surface area contributed by atoms with Gasteiger partial charge < -0.3 is 20.1 Å². The number of nitrogens with one attached hydrogen (secondary N) is 2. The molecular formula is C23H26ClFN4O. The van der Waals surface area contributed by atoms with E-state index in [0.717, 1.165) is 37.2 Å². The molecule has 0 spiro atoms. The molecule has 0 saturated carbocycles. The van der Waals surface area contributed by atoms with Crippen molar-refractivity contribution in [3.63, 3.8) is 0 Å². The van der Waals surface area contributed by atoms with Gasteiger partial charge in [-0.25, -0.2) is 4.39 Å². The van der Waals surface area contributed by atoms with Crippen LogP contribution in [0.5, 0.6) is 0 Å². The van der Waals surface area contributed by atoms with Gasteiger partial charge >= 0.3 is 0 Å². The van der Waals surface area contributed by atoms with Crippen molar-refractivity contribution < 1.29 is 9.18 Å². The number of rotatable bonds is 4. The van der Waals surface area contributed by atoms with E-state index in [1.807, 2.05) is 19.1 Å². The van der Waals surface area contributed by atoms with Crippen molar-refractivity contribution in [2.45, 2.75) is 25.8 Å². The highest BCUT2D eigenvalue weighted by Crippen LogP contribution is 2.29. The Bertz CT molecular complexity index is 1050. The lowest BCUT2D eigenvalue weighted by Gasteiger charge is -2.36. The normalized spacial score (nSPS) is 15.2. The molecule has 1 aromatic heterocycles. The van der Waals surface area contributed by atoms with E-state index in [4.69, 9.17) is 11.6 Å². The number of piperidine rings is 1. The highest BCUT2D eigenvalue weighted by molar-refractivity contribution is 6.31. The number of carbonyl (C=O) groups excluding carboxylic acids is 1. The first kappa shape index (κ1) is 20.7. The SMILES string of the molecule is Cc1ccc(F)c2cc(C(=O)Nc3cc(Cl)cc(N4CCC(N(C)C)CC4)c3)[nH]c12. The van der Waals surface area contributed by atoms with E-state index < -0.39 is 0 Å². The van der Waals surface area contributed by atoms with Crippen LogP contribution in [0.3, 0.4) is 0 Å². The Kier molecular flexibility index (Phi) is 5.71. The average Bonchev–Trinajstić information content (AvgIpc) is 3.17. The Labute approximate surface area is 180 Å². The van der Waals surface area contributed by atoms with Gasteiger partial charge in [-0.1, -0.05) is 17.7 Å². The summed E-state index contributed by atoms with van der Waals surface area (Å²) in [6.45, 7) is 3.76. The second-order valence-corrected chi connectivity index (χ2v) is 8.61. The molecule has 1 saturated heterocycles. The van der Waals surface area contributed by atoms with Crippen LogP contribution in [0.15, 0.2) is 36.4 Å². The number of aryl methyl sites for hydroxylation is 1. The Morgan fingerprint density at radius 1 is 1.20 bits per heavy atom. The first-order valence-electron chi connectivity index (χ1n) is 10.1. The summed E-state index contributed by atoms with van der Waals surface area (Å²) in [5, 5.41) is 3.87. The van der Waals surface area contributed by atoms with E-state index in [1.165, 1.54) is 6.07 Å². The Balaban J connectivity index is 1.53. The van der Waals surface area contributed by atoms with Gasteiger partial charge in [0.15, 0.2) is 0 Å². The lowest BCUT2D eigenvalue weighted by atomic mass is 10.0. The van der Waals surface area contributed by atoms with Gasteiger partial charge in [0.1, 0.15) is 11.5 Å². The van der Waals surface area contributed by atoms with Gasteiger partial charge in [-0.15, -0.1) is 0 Å². The predicted octanol–water partition coefficient (Wildman–Crippen LogP) is 5.05. The summed E-state index contributed by atoms with van der Waals surface area (Å²) in [7, 11) is 4.23. The lowest BCUT2D eigenvalue weighted by Crippen LogP contribution is -2.42. The van der Waals surface area contributed by atoms with Crippen LogP contribution in [0.25, 0.3) is 10.9 Å². The van der Waals surface area contributed by atoms with E-state index in [1.54, 1.807) is 18.2 Å². The summed E-state index contributed by atoms with van der Waals surface area (Å²) in [6, 6.07) is 10.8. The van der Waals surface area contributed by atoms with Crippen molar-refractivity contribution in [2.75, 3.05) is 37.4 Å². The number of aromatic nitrogens is 1. The maximum Gasteiger partial charge on any atom is 0.272 e. The van der Waals surface area contributed by atoms with Crippen LogP contribution in [0.1, 0.15) is 28.9 Å². The van der Waals surface area contributed by atoms with E-state index in [-0.39, 0.29) is 11.7 Å². The fourth-order valence-electron chi connectivity index (χ4n) is 4.12. The van der Waals surface area contributed by atoms with Crippen LogP contribution in [0, 0.1) is 12.7 Å². The third kappa shape index (κ3) is 4.16. The molecule has 7 heteroatoms. The molecule has 0 radical (unpaired) electrons. The maximum atomic E-state index is 14.1. The third-order valence-electron chi connectivity index (χ3n) is 5.89. The smallest absolute Gasteiger partial charge is 0.272 e. The molecule has 0 bridgehead atoms. The molecule has 2 N–H and O–H groups in total. The number of carbonyl (C=O) groups is 1. The van der Waals surface area contributed by atoms with Crippen LogP contribution in [-0.4, -0.2) is 49.0 Å². The summed E-state index contributed by atoms with van der Waals surface area (Å²) < 4.78 is 14.1. The fraction of sp³-hybridized carbons (Fsp3) is 0.348. The first-order valence-corrected chi connectivity index (χ1v) is 10.5. The second-order valence-electron chi connectivity index (χ2n) is 8.17. The molecule has 1 amide bonds. The zero-order valence-corrected chi connectivity index (χ0v) is 18.2. The summed E-state index contributed by atoms with van der Waals surface area (Å²) in [4.78, 5) is 20.4. The van der Waals surface area contributed by atoms with Gasteiger partial charge in [-0.2, -0.15) is 0 Å². The minimum Gasteiger partial charge on any atom is -0.371 e. The van der Waals surface area contributed by atoms with Gasteiger partial charge in [-0.3, -0.25) is 4.79 Å². The van der Waals surface area contributed by atoms with Crippen LogP contribution in [0.2, 0.25) is 5.02 Å². The van der Waals surface area contributed by atoms with E-state index >= 15 is 0 Å². The largest absolute Gasteiger partial charge is 0.371 e. The molecule has 4 rings (SSSR count). The quantitative estimate of drug-likeness (QED) is 0.611. The number of nitrogens with zero attached hydrogens (tertiary/aromatic N) is 2. The summed E-state index contributed by atoms with van der Waals surface area (Å²) in [5.74, 6) is -0.679. The summed E-state index contributed by atoms with van der Waals surface area (Å²) in [6.07, 6.45) is 2.17. The Morgan fingerprint density at radius 3 is 2.60 bits per heavy atom. The highest BCUT2D eigenvalue weighted by Gasteiger charge is 2.21. The molecule has 0 atom stereocenters. The van der Waals surface area contributed by atoms with Gasteiger partial charge in [0.25, 0.3) is 5.91 Å². The first-order chi connectivity index (χ1) is 14.3. The molecule has 2 aromatic carbocycles. The minimum absolute atomic E-state index is 0.312. The van der Waals surface area contributed by atoms with Crippen LogP contribution >= 0.6 is 11.6 Å².